The average molecular weight is 881 g/mol. The third-order valence-electron chi connectivity index (χ3n) is 13.6. The van der Waals surface area contributed by atoms with Gasteiger partial charge in [0.2, 0.25) is 0 Å². The number of para-hydroxylation sites is 6. The predicted octanol–water partition coefficient (Wildman–Crippen LogP) is 18.5. The molecule has 0 unspecified atom stereocenters. The minimum atomic E-state index is 0.892. The molecule has 0 saturated carbocycles. The Bertz CT molecular complexity index is 3960. The number of benzene rings is 11. The van der Waals surface area contributed by atoms with Gasteiger partial charge in [-0.1, -0.05) is 206 Å². The van der Waals surface area contributed by atoms with E-state index in [0.717, 1.165) is 78.1 Å². The van der Waals surface area contributed by atoms with Gasteiger partial charge in [-0.15, -0.1) is 0 Å². The maximum atomic E-state index is 6.56. The fourth-order valence-corrected chi connectivity index (χ4v) is 10.4. The minimum Gasteiger partial charge on any atom is -0.455 e. The number of hydrogen-bond acceptors (Lipinski definition) is 2. The van der Waals surface area contributed by atoms with E-state index in [9.17, 15) is 0 Å². The zero-order valence-corrected chi connectivity index (χ0v) is 37.7. The Balaban J connectivity index is 0.915. The second-order valence-electron chi connectivity index (χ2n) is 17.6. The number of nitrogens with zero attached hydrogens (tertiary/aromatic N) is 2. The number of aromatic nitrogens is 1. The van der Waals surface area contributed by atoms with E-state index in [1.54, 1.807) is 0 Å². The molecular weight excluding hydrogens is 837 g/mol. The summed E-state index contributed by atoms with van der Waals surface area (Å²) in [5.41, 5.74) is 20.0. The van der Waals surface area contributed by atoms with Crippen molar-refractivity contribution in [1.29, 1.82) is 0 Å². The molecule has 0 saturated heterocycles. The van der Waals surface area contributed by atoms with Crippen molar-refractivity contribution >= 4 is 60.8 Å². The van der Waals surface area contributed by atoms with E-state index in [1.165, 1.54) is 44.1 Å². The standard InChI is InChI=1S/C66H44N2O/c1-2-17-45(18-3-1)46-35-37-48(38-36-46)54-23-4-9-30-61(54)67(53-22-15-21-51(44-53)56-28-16-29-60-59-27-8-13-34-65(59)69-66(56)60)52-41-39-47(40-42-52)49-19-14-20-50(43-49)55-24-5-10-31-62(55)68-63-32-11-6-25-57(63)58-26-7-12-33-64(58)68/h1-44H. The van der Waals surface area contributed by atoms with E-state index >= 15 is 0 Å². The van der Waals surface area contributed by atoms with Crippen LogP contribution in [0.15, 0.2) is 271 Å². The molecule has 3 heteroatoms. The van der Waals surface area contributed by atoms with Gasteiger partial charge in [0.1, 0.15) is 11.2 Å². The molecule has 0 aliphatic carbocycles. The third-order valence-corrected chi connectivity index (χ3v) is 13.6. The quantitative estimate of drug-likeness (QED) is 0.144. The molecule has 0 amide bonds. The molecule has 2 heterocycles. The molecule has 324 valence electrons. The summed E-state index contributed by atoms with van der Waals surface area (Å²) < 4.78 is 8.98. The number of hydrogen-bond donors (Lipinski definition) is 0. The fourth-order valence-electron chi connectivity index (χ4n) is 10.4. The molecule has 0 aliphatic heterocycles. The number of anilines is 3. The molecular formula is C66H44N2O. The average Bonchev–Trinajstić information content (AvgIpc) is 3.98. The highest BCUT2D eigenvalue weighted by Crippen LogP contribution is 2.44. The van der Waals surface area contributed by atoms with Crippen LogP contribution in [0.3, 0.4) is 0 Å². The Hall–Kier alpha value is -9.18. The summed E-state index contributed by atoms with van der Waals surface area (Å²) in [6, 6.07) is 96.1. The van der Waals surface area contributed by atoms with Crippen molar-refractivity contribution < 1.29 is 4.42 Å². The fraction of sp³-hybridized carbons (Fsp3) is 0. The summed E-state index contributed by atoms with van der Waals surface area (Å²) in [5.74, 6) is 0. The van der Waals surface area contributed by atoms with Crippen LogP contribution in [-0.2, 0) is 0 Å². The predicted molar refractivity (Wildman–Crippen MR) is 290 cm³/mol. The third kappa shape index (κ3) is 7.08. The van der Waals surface area contributed by atoms with Crippen LogP contribution in [0.1, 0.15) is 0 Å². The van der Waals surface area contributed by atoms with Crippen LogP contribution in [0.4, 0.5) is 17.1 Å². The highest BCUT2D eigenvalue weighted by molar-refractivity contribution is 6.11. The zero-order valence-electron chi connectivity index (χ0n) is 37.7. The van der Waals surface area contributed by atoms with Gasteiger partial charge in [0.15, 0.2) is 0 Å². The molecule has 0 fully saturated rings. The van der Waals surface area contributed by atoms with Crippen LogP contribution >= 0.6 is 0 Å². The van der Waals surface area contributed by atoms with Gasteiger partial charge in [0, 0.05) is 49.6 Å². The summed E-state index contributed by atoms with van der Waals surface area (Å²) in [7, 11) is 0. The largest absolute Gasteiger partial charge is 0.455 e. The van der Waals surface area contributed by atoms with E-state index in [0.29, 0.717) is 0 Å². The Morgan fingerprint density at radius 3 is 1.58 bits per heavy atom. The Kier molecular flexibility index (Phi) is 9.84. The van der Waals surface area contributed by atoms with Crippen LogP contribution in [-0.4, -0.2) is 4.57 Å². The lowest BCUT2D eigenvalue weighted by atomic mass is 9.96. The van der Waals surface area contributed by atoms with Gasteiger partial charge in [0.25, 0.3) is 0 Å². The van der Waals surface area contributed by atoms with E-state index < -0.39 is 0 Å². The zero-order chi connectivity index (χ0) is 45.7. The van der Waals surface area contributed by atoms with Crippen LogP contribution in [0, 0.1) is 0 Å². The maximum Gasteiger partial charge on any atom is 0.143 e. The van der Waals surface area contributed by atoms with Crippen molar-refractivity contribution in [1.82, 2.24) is 4.57 Å². The van der Waals surface area contributed by atoms with Gasteiger partial charge in [-0.05, 0) is 99.6 Å². The Labute approximate surface area is 401 Å². The lowest BCUT2D eigenvalue weighted by molar-refractivity contribution is 0.670. The van der Waals surface area contributed by atoms with Gasteiger partial charge in [0.05, 0.1) is 22.4 Å². The summed E-state index contributed by atoms with van der Waals surface area (Å²) in [4.78, 5) is 2.39. The van der Waals surface area contributed by atoms with Crippen LogP contribution in [0.25, 0.3) is 105 Å². The maximum absolute atomic E-state index is 6.56. The first-order valence-corrected chi connectivity index (χ1v) is 23.6. The highest BCUT2D eigenvalue weighted by Gasteiger charge is 2.20. The molecule has 2 aromatic heterocycles. The lowest BCUT2D eigenvalue weighted by Crippen LogP contribution is -2.11. The van der Waals surface area contributed by atoms with Crippen LogP contribution in [0.5, 0.6) is 0 Å². The summed E-state index contributed by atoms with van der Waals surface area (Å²) >= 11 is 0. The van der Waals surface area contributed by atoms with E-state index in [-0.39, 0.29) is 0 Å². The lowest BCUT2D eigenvalue weighted by Gasteiger charge is -2.28. The summed E-state index contributed by atoms with van der Waals surface area (Å²) in [5, 5.41) is 4.75. The first kappa shape index (κ1) is 40.1. The van der Waals surface area contributed by atoms with Gasteiger partial charge in [-0.25, -0.2) is 0 Å². The van der Waals surface area contributed by atoms with Crippen molar-refractivity contribution in [3.8, 4) is 61.3 Å². The van der Waals surface area contributed by atoms with E-state index in [4.69, 9.17) is 4.42 Å². The smallest absolute Gasteiger partial charge is 0.143 e. The van der Waals surface area contributed by atoms with Crippen molar-refractivity contribution in [2.24, 2.45) is 0 Å². The van der Waals surface area contributed by atoms with Crippen molar-refractivity contribution in [2.45, 2.75) is 0 Å². The van der Waals surface area contributed by atoms with Crippen LogP contribution in [0.2, 0.25) is 0 Å². The first-order chi connectivity index (χ1) is 34.2. The second-order valence-corrected chi connectivity index (χ2v) is 17.6. The highest BCUT2D eigenvalue weighted by atomic mass is 16.3. The van der Waals surface area contributed by atoms with Gasteiger partial charge < -0.3 is 13.9 Å². The van der Waals surface area contributed by atoms with E-state index in [1.807, 2.05) is 12.1 Å². The van der Waals surface area contributed by atoms with Gasteiger partial charge >= 0.3 is 0 Å². The first-order valence-electron chi connectivity index (χ1n) is 23.6. The molecule has 69 heavy (non-hydrogen) atoms. The molecule has 3 nitrogen and oxygen atoms in total. The molecule has 0 bridgehead atoms. The molecule has 13 rings (SSSR count). The van der Waals surface area contributed by atoms with Crippen molar-refractivity contribution in [2.75, 3.05) is 4.90 Å². The molecule has 11 aromatic carbocycles. The summed E-state index contributed by atoms with van der Waals surface area (Å²) in [6.45, 7) is 0. The topological polar surface area (TPSA) is 21.3 Å². The molecule has 0 N–H and O–H groups in total. The molecule has 0 radical (unpaired) electrons. The van der Waals surface area contributed by atoms with Crippen molar-refractivity contribution in [3.63, 3.8) is 0 Å². The monoisotopic (exact) mass is 880 g/mol. The number of rotatable bonds is 9. The van der Waals surface area contributed by atoms with Crippen molar-refractivity contribution in [3.05, 3.63) is 267 Å². The Morgan fingerprint density at radius 1 is 0.290 bits per heavy atom. The van der Waals surface area contributed by atoms with E-state index in [2.05, 4.69) is 264 Å². The summed E-state index contributed by atoms with van der Waals surface area (Å²) in [6.07, 6.45) is 0. The second kappa shape index (κ2) is 16.9. The normalized spacial score (nSPS) is 11.5. The van der Waals surface area contributed by atoms with Crippen LogP contribution < -0.4 is 4.90 Å². The Morgan fingerprint density at radius 2 is 0.797 bits per heavy atom. The minimum absolute atomic E-state index is 0.892. The number of fused-ring (bicyclic) bond motifs is 6. The molecule has 0 spiro atoms. The van der Waals surface area contributed by atoms with Gasteiger partial charge in [-0.3, -0.25) is 0 Å². The molecule has 0 atom stereocenters. The van der Waals surface area contributed by atoms with Gasteiger partial charge in [-0.2, -0.15) is 0 Å². The molecule has 0 aliphatic rings. The molecule has 13 aromatic rings. The number of furan rings is 1. The SMILES string of the molecule is c1ccc(-c2ccc(-c3ccccc3N(c3ccc(-c4cccc(-c5ccccc5-n5c6ccccc6c6ccccc65)c4)cc3)c3cccc(-c4cccc5c4oc4ccccc45)c3)cc2)cc1.